The Morgan fingerprint density at radius 2 is 1.07 bits per heavy atom. The van der Waals surface area contributed by atoms with E-state index in [9.17, 15) is 0 Å². The minimum atomic E-state index is 1.15. The van der Waals surface area contributed by atoms with Crippen LogP contribution in [-0.2, 0) is 0 Å². The Balaban J connectivity index is 1.24. The molecule has 212 valence electrons. The summed E-state index contributed by atoms with van der Waals surface area (Å²) in [5, 5.41) is 2.58. The van der Waals surface area contributed by atoms with E-state index in [1.807, 2.05) is 0 Å². The smallest absolute Gasteiger partial charge is 0.0619 e. The second kappa shape index (κ2) is 10.1. The van der Waals surface area contributed by atoms with Gasteiger partial charge in [0.05, 0.1) is 16.7 Å². The van der Waals surface area contributed by atoms with Gasteiger partial charge < -0.3 is 9.47 Å². The van der Waals surface area contributed by atoms with E-state index in [-0.39, 0.29) is 0 Å². The summed E-state index contributed by atoms with van der Waals surface area (Å²) in [4.78, 5) is 2.31. The molecule has 2 nitrogen and oxygen atoms in total. The van der Waals surface area contributed by atoms with Crippen LogP contribution in [0.25, 0.3) is 72.0 Å². The van der Waals surface area contributed by atoms with Crippen molar-refractivity contribution in [2.75, 3.05) is 11.9 Å². The maximum atomic E-state index is 2.48. The topological polar surface area (TPSA) is 8.17 Å². The lowest BCUT2D eigenvalue weighted by atomic mass is 9.91. The van der Waals surface area contributed by atoms with Crippen LogP contribution in [-0.4, -0.2) is 11.6 Å². The molecule has 0 N–H and O–H groups in total. The number of fused-ring (bicyclic) bond motifs is 8. The van der Waals surface area contributed by atoms with Crippen molar-refractivity contribution >= 4 is 33.2 Å². The van der Waals surface area contributed by atoms with Crippen LogP contribution in [0.4, 0.5) is 11.4 Å². The Hall–Kier alpha value is -5.86. The van der Waals surface area contributed by atoms with Crippen molar-refractivity contribution in [2.45, 2.75) is 0 Å². The van der Waals surface area contributed by atoms with Gasteiger partial charge in [0.2, 0.25) is 0 Å². The summed E-state index contributed by atoms with van der Waals surface area (Å²) in [5.41, 5.74) is 15.9. The molecule has 0 atom stereocenters. The Labute approximate surface area is 263 Å². The van der Waals surface area contributed by atoms with Gasteiger partial charge in [-0.05, 0) is 64.2 Å². The first-order valence-electron chi connectivity index (χ1n) is 15.5. The summed E-state index contributed by atoms with van der Waals surface area (Å²) in [6.07, 6.45) is 0. The summed E-state index contributed by atoms with van der Waals surface area (Å²) in [6.45, 7) is 0. The molecule has 0 saturated heterocycles. The molecule has 1 aromatic heterocycles. The average molecular weight is 575 g/mol. The van der Waals surface area contributed by atoms with Gasteiger partial charge >= 0.3 is 0 Å². The van der Waals surface area contributed by atoms with Crippen molar-refractivity contribution in [1.29, 1.82) is 0 Å². The maximum absolute atomic E-state index is 2.48. The van der Waals surface area contributed by atoms with Gasteiger partial charge in [-0.1, -0.05) is 127 Å². The number of nitrogens with zero attached hydrogens (tertiary/aromatic N) is 2. The molecule has 0 unspecified atom stereocenters. The largest absolute Gasteiger partial charge is 0.344 e. The predicted octanol–water partition coefficient (Wildman–Crippen LogP) is 11.5. The third-order valence-electron chi connectivity index (χ3n) is 9.36. The molecule has 2 heterocycles. The number of anilines is 2. The van der Waals surface area contributed by atoms with Gasteiger partial charge in [-0.15, -0.1) is 0 Å². The number of rotatable bonds is 4. The molecule has 2 heteroatoms. The van der Waals surface area contributed by atoms with E-state index in [0.29, 0.717) is 0 Å². The van der Waals surface area contributed by atoms with Gasteiger partial charge in [-0.25, -0.2) is 0 Å². The Kier molecular flexibility index (Phi) is 5.76. The van der Waals surface area contributed by atoms with Gasteiger partial charge in [-0.3, -0.25) is 0 Å². The first-order valence-corrected chi connectivity index (χ1v) is 15.5. The van der Waals surface area contributed by atoms with Crippen molar-refractivity contribution in [3.8, 4) is 50.2 Å². The standard InChI is InChI=1S/C43H30N2/c1-44(32-16-11-15-30(27-32)29-13-3-2-4-14-29)40-23-9-7-17-33(40)31-25-26-42-39(28-31)35-19-6-5-18-34(35)37-21-12-22-38-36-20-8-10-24-41(36)45(42)43(37)38/h2-28H,1H3. The van der Waals surface area contributed by atoms with E-state index >= 15 is 0 Å². The van der Waals surface area contributed by atoms with Gasteiger partial charge in [0.25, 0.3) is 0 Å². The third kappa shape index (κ3) is 3.96. The van der Waals surface area contributed by atoms with Crippen molar-refractivity contribution < 1.29 is 0 Å². The van der Waals surface area contributed by atoms with Gasteiger partial charge in [0.1, 0.15) is 0 Å². The zero-order chi connectivity index (χ0) is 29.9. The molecular weight excluding hydrogens is 544 g/mol. The van der Waals surface area contributed by atoms with E-state index < -0.39 is 0 Å². The van der Waals surface area contributed by atoms with Gasteiger partial charge in [0.15, 0.2) is 0 Å². The van der Waals surface area contributed by atoms with Crippen LogP contribution in [0.2, 0.25) is 0 Å². The minimum absolute atomic E-state index is 1.15. The second-order valence-electron chi connectivity index (χ2n) is 11.8. The summed E-state index contributed by atoms with van der Waals surface area (Å²) in [6, 6.07) is 59.5. The average Bonchev–Trinajstić information content (AvgIpc) is 3.39. The fraction of sp³-hybridized carbons (Fsp3) is 0.0233. The molecule has 1 aliphatic heterocycles. The third-order valence-corrected chi connectivity index (χ3v) is 9.36. The van der Waals surface area contributed by atoms with Gasteiger partial charge in [0, 0.05) is 45.9 Å². The molecule has 45 heavy (non-hydrogen) atoms. The summed E-state index contributed by atoms with van der Waals surface area (Å²) in [7, 11) is 2.17. The van der Waals surface area contributed by atoms with E-state index in [1.54, 1.807) is 0 Å². The number of benzene rings is 7. The van der Waals surface area contributed by atoms with Crippen LogP contribution in [0, 0.1) is 0 Å². The highest BCUT2D eigenvalue weighted by Gasteiger charge is 2.24. The van der Waals surface area contributed by atoms with Crippen molar-refractivity contribution in [2.24, 2.45) is 0 Å². The normalized spacial score (nSPS) is 11.7. The minimum Gasteiger partial charge on any atom is -0.344 e. The Morgan fingerprint density at radius 1 is 0.422 bits per heavy atom. The molecule has 0 spiro atoms. The monoisotopic (exact) mass is 574 g/mol. The Bertz CT molecular complexity index is 2400. The van der Waals surface area contributed by atoms with Crippen LogP contribution in [0.5, 0.6) is 0 Å². The highest BCUT2D eigenvalue weighted by molar-refractivity contribution is 6.16. The second-order valence-corrected chi connectivity index (χ2v) is 11.8. The van der Waals surface area contributed by atoms with Gasteiger partial charge in [-0.2, -0.15) is 0 Å². The molecule has 9 rings (SSSR count). The fourth-order valence-corrected chi connectivity index (χ4v) is 7.23. The highest BCUT2D eigenvalue weighted by Crippen LogP contribution is 2.48. The lowest BCUT2D eigenvalue weighted by molar-refractivity contribution is 1.19. The van der Waals surface area contributed by atoms with Crippen LogP contribution in [0.1, 0.15) is 0 Å². The maximum Gasteiger partial charge on any atom is 0.0619 e. The van der Waals surface area contributed by atoms with Crippen LogP contribution in [0.15, 0.2) is 164 Å². The molecule has 0 aliphatic carbocycles. The fourth-order valence-electron chi connectivity index (χ4n) is 7.23. The van der Waals surface area contributed by atoms with E-state index in [4.69, 9.17) is 0 Å². The first-order chi connectivity index (χ1) is 22.3. The number of para-hydroxylation sites is 3. The lowest BCUT2D eigenvalue weighted by Gasteiger charge is -2.24. The molecule has 0 fully saturated rings. The quantitative estimate of drug-likeness (QED) is 0.203. The summed E-state index contributed by atoms with van der Waals surface area (Å²) < 4.78 is 2.48. The lowest BCUT2D eigenvalue weighted by Crippen LogP contribution is -2.10. The number of hydrogen-bond acceptors (Lipinski definition) is 1. The molecule has 0 amide bonds. The summed E-state index contributed by atoms with van der Waals surface area (Å²) in [5.74, 6) is 0. The van der Waals surface area contributed by atoms with E-state index in [2.05, 4.69) is 180 Å². The number of aromatic nitrogens is 1. The zero-order valence-electron chi connectivity index (χ0n) is 25.0. The predicted molar refractivity (Wildman–Crippen MR) is 191 cm³/mol. The highest BCUT2D eigenvalue weighted by atomic mass is 15.1. The molecule has 0 saturated carbocycles. The van der Waals surface area contributed by atoms with Crippen molar-refractivity contribution in [1.82, 2.24) is 4.57 Å². The van der Waals surface area contributed by atoms with Crippen molar-refractivity contribution in [3.05, 3.63) is 164 Å². The van der Waals surface area contributed by atoms with E-state index in [0.717, 1.165) is 5.69 Å². The van der Waals surface area contributed by atoms with Crippen LogP contribution in [0.3, 0.4) is 0 Å². The molecular formula is C43H30N2. The number of hydrogen-bond donors (Lipinski definition) is 0. The molecule has 8 aromatic rings. The molecule has 7 aromatic carbocycles. The SMILES string of the molecule is CN(c1cccc(-c2ccccc2)c1)c1ccccc1-c1ccc2c(c1)-c1ccccc1-c1cccc3c4ccccc4n-2c13. The first kappa shape index (κ1) is 25.6. The van der Waals surface area contributed by atoms with E-state index in [1.165, 1.54) is 77.7 Å². The molecule has 0 bridgehead atoms. The van der Waals surface area contributed by atoms with Crippen LogP contribution >= 0.6 is 0 Å². The molecule has 1 aliphatic rings. The molecule has 0 radical (unpaired) electrons. The Morgan fingerprint density at radius 3 is 1.93 bits per heavy atom. The van der Waals surface area contributed by atoms with Crippen molar-refractivity contribution in [3.63, 3.8) is 0 Å². The zero-order valence-corrected chi connectivity index (χ0v) is 25.0. The summed E-state index contributed by atoms with van der Waals surface area (Å²) >= 11 is 0. The van der Waals surface area contributed by atoms with Crippen LogP contribution < -0.4 is 4.90 Å².